The van der Waals surface area contributed by atoms with Gasteiger partial charge in [-0.3, -0.25) is 0 Å². The Bertz CT molecular complexity index is 455. The van der Waals surface area contributed by atoms with Crippen LogP contribution >= 0.6 is 12.4 Å². The number of nitrogens with two attached hydrogens (primary N) is 1. The maximum atomic E-state index is 12.7. The number of halogens is 7. The summed E-state index contributed by atoms with van der Waals surface area (Å²) in [6.45, 7) is 4.93. The second kappa shape index (κ2) is 6.04. The Morgan fingerprint density at radius 2 is 1.14 bits per heavy atom. The highest BCUT2D eigenvalue weighted by atomic mass is 35.5. The summed E-state index contributed by atoms with van der Waals surface area (Å²) in [5.41, 5.74) is 2.23. The molecule has 1 aromatic carbocycles. The van der Waals surface area contributed by atoms with Gasteiger partial charge in [0.2, 0.25) is 0 Å². The molecule has 1 rings (SSSR count). The zero-order valence-corrected chi connectivity index (χ0v) is 12.4. The third-order valence-electron chi connectivity index (χ3n) is 2.90. The van der Waals surface area contributed by atoms with Crippen LogP contribution in [0, 0.1) is 5.41 Å². The van der Waals surface area contributed by atoms with Gasteiger partial charge in [0.1, 0.15) is 0 Å². The van der Waals surface area contributed by atoms with Crippen molar-refractivity contribution in [1.29, 1.82) is 0 Å². The van der Waals surface area contributed by atoms with Crippen molar-refractivity contribution >= 4 is 12.4 Å². The lowest BCUT2D eigenvalue weighted by molar-refractivity contribution is -0.143. The van der Waals surface area contributed by atoms with Crippen LogP contribution in [-0.4, -0.2) is 0 Å². The van der Waals surface area contributed by atoms with Gasteiger partial charge in [-0.05, 0) is 29.2 Å². The fourth-order valence-corrected chi connectivity index (χ4v) is 1.66. The molecule has 8 heteroatoms. The number of rotatable bonds is 1. The molecule has 0 aliphatic heterocycles. The number of hydrogen-bond donors (Lipinski definition) is 1. The van der Waals surface area contributed by atoms with Crippen molar-refractivity contribution in [2.45, 2.75) is 39.2 Å². The molecule has 1 atom stereocenters. The molecule has 0 aliphatic carbocycles. The van der Waals surface area contributed by atoms with E-state index in [1.54, 1.807) is 20.8 Å². The molecule has 0 aromatic heterocycles. The van der Waals surface area contributed by atoms with E-state index < -0.39 is 34.9 Å². The van der Waals surface area contributed by atoms with Gasteiger partial charge in [0, 0.05) is 6.04 Å². The lowest BCUT2D eigenvalue weighted by Crippen LogP contribution is -2.27. The van der Waals surface area contributed by atoms with E-state index in [1.807, 2.05) is 0 Å². The van der Waals surface area contributed by atoms with Gasteiger partial charge in [-0.2, -0.15) is 26.3 Å². The highest BCUT2D eigenvalue weighted by Crippen LogP contribution is 2.39. The molecule has 21 heavy (non-hydrogen) atoms. The van der Waals surface area contributed by atoms with Crippen molar-refractivity contribution < 1.29 is 26.3 Å². The fraction of sp³-hybridized carbons (Fsp3) is 0.538. The van der Waals surface area contributed by atoms with E-state index in [2.05, 4.69) is 0 Å². The first-order valence-electron chi connectivity index (χ1n) is 5.78. The van der Waals surface area contributed by atoms with Gasteiger partial charge in [0.15, 0.2) is 0 Å². The maximum Gasteiger partial charge on any atom is 0.416 e. The monoisotopic (exact) mass is 335 g/mol. The molecule has 0 radical (unpaired) electrons. The van der Waals surface area contributed by atoms with E-state index in [1.165, 1.54) is 0 Å². The topological polar surface area (TPSA) is 26.0 Å². The van der Waals surface area contributed by atoms with E-state index in [4.69, 9.17) is 5.73 Å². The lowest BCUT2D eigenvalue weighted by Gasteiger charge is -2.28. The zero-order valence-electron chi connectivity index (χ0n) is 11.6. The lowest BCUT2D eigenvalue weighted by atomic mass is 9.82. The maximum absolute atomic E-state index is 12.7. The Hall–Kier alpha value is -0.950. The van der Waals surface area contributed by atoms with Crippen LogP contribution in [0.5, 0.6) is 0 Å². The Labute approximate surface area is 124 Å². The van der Waals surface area contributed by atoms with E-state index in [0.717, 1.165) is 0 Å². The first-order chi connectivity index (χ1) is 8.73. The minimum atomic E-state index is -4.85. The molecule has 0 saturated heterocycles. The molecule has 0 aliphatic rings. The van der Waals surface area contributed by atoms with Crippen LogP contribution in [0.25, 0.3) is 0 Å². The third kappa shape index (κ3) is 5.07. The molecule has 0 heterocycles. The summed E-state index contributed by atoms with van der Waals surface area (Å²) in [6, 6.07) is 0.501. The summed E-state index contributed by atoms with van der Waals surface area (Å²) in [4.78, 5) is 0. The summed E-state index contributed by atoms with van der Waals surface area (Å²) in [5.74, 6) is 0. The number of benzene rings is 1. The summed E-state index contributed by atoms with van der Waals surface area (Å²) in [6.07, 6.45) is -9.71. The molecular weight excluding hydrogens is 320 g/mol. The van der Waals surface area contributed by atoms with Gasteiger partial charge in [-0.25, -0.2) is 0 Å². The van der Waals surface area contributed by atoms with Crippen LogP contribution in [0.3, 0.4) is 0 Å². The largest absolute Gasteiger partial charge is 0.416 e. The van der Waals surface area contributed by atoms with Crippen LogP contribution in [0.15, 0.2) is 18.2 Å². The Balaban J connectivity index is 0.00000400. The van der Waals surface area contributed by atoms with E-state index in [0.29, 0.717) is 12.1 Å². The quantitative estimate of drug-likeness (QED) is 0.702. The average molecular weight is 336 g/mol. The van der Waals surface area contributed by atoms with Gasteiger partial charge >= 0.3 is 12.4 Å². The van der Waals surface area contributed by atoms with Crippen LogP contribution in [-0.2, 0) is 12.4 Å². The molecular formula is C13H16ClF6N. The molecule has 1 nitrogen and oxygen atoms in total. The molecule has 2 N–H and O–H groups in total. The van der Waals surface area contributed by atoms with Crippen molar-refractivity contribution in [3.8, 4) is 0 Å². The molecule has 0 bridgehead atoms. The highest BCUT2D eigenvalue weighted by Gasteiger charge is 2.38. The molecule has 0 amide bonds. The molecule has 0 saturated carbocycles. The molecule has 1 aromatic rings. The minimum Gasteiger partial charge on any atom is -0.324 e. The molecule has 0 spiro atoms. The molecule has 0 unspecified atom stereocenters. The standard InChI is InChI=1S/C13H15F6N.ClH/c1-11(2,3)10(20)7-4-8(12(14,15)16)6-9(5-7)13(17,18)19;/h4-6,10H,20H2,1-3H3;1H/t10-;/m1./s1. The predicted molar refractivity (Wildman–Crippen MR) is 70.1 cm³/mol. The predicted octanol–water partition coefficient (Wildman–Crippen LogP) is 5.19. The van der Waals surface area contributed by atoms with Crippen molar-refractivity contribution in [3.05, 3.63) is 34.9 Å². The molecule has 122 valence electrons. The molecule has 0 fully saturated rings. The zero-order chi connectivity index (χ0) is 15.9. The van der Waals surface area contributed by atoms with Crippen LogP contribution in [0.4, 0.5) is 26.3 Å². The third-order valence-corrected chi connectivity index (χ3v) is 2.90. The second-order valence-corrected chi connectivity index (χ2v) is 5.68. The van der Waals surface area contributed by atoms with Gasteiger partial charge in [0.25, 0.3) is 0 Å². The minimum absolute atomic E-state index is 0. The van der Waals surface area contributed by atoms with Crippen molar-refractivity contribution in [1.82, 2.24) is 0 Å². The van der Waals surface area contributed by atoms with Gasteiger partial charge < -0.3 is 5.73 Å². The van der Waals surface area contributed by atoms with Crippen LogP contribution < -0.4 is 5.73 Å². The fourth-order valence-electron chi connectivity index (χ4n) is 1.66. The summed E-state index contributed by atoms with van der Waals surface area (Å²) in [5, 5.41) is 0. The van der Waals surface area contributed by atoms with Crippen molar-refractivity contribution in [2.24, 2.45) is 11.1 Å². The van der Waals surface area contributed by atoms with E-state index in [9.17, 15) is 26.3 Å². The van der Waals surface area contributed by atoms with Crippen molar-refractivity contribution in [2.75, 3.05) is 0 Å². The van der Waals surface area contributed by atoms with Gasteiger partial charge in [-0.1, -0.05) is 20.8 Å². The first-order valence-corrected chi connectivity index (χ1v) is 5.78. The van der Waals surface area contributed by atoms with Gasteiger partial charge in [-0.15, -0.1) is 12.4 Å². The second-order valence-electron chi connectivity index (χ2n) is 5.68. The van der Waals surface area contributed by atoms with Crippen LogP contribution in [0.2, 0.25) is 0 Å². The Kier molecular flexibility index (Phi) is 5.77. The smallest absolute Gasteiger partial charge is 0.324 e. The van der Waals surface area contributed by atoms with E-state index >= 15 is 0 Å². The van der Waals surface area contributed by atoms with Crippen LogP contribution in [0.1, 0.15) is 43.5 Å². The van der Waals surface area contributed by atoms with Gasteiger partial charge in [0.05, 0.1) is 11.1 Å². The number of alkyl halides is 6. The Morgan fingerprint density at radius 1 is 0.810 bits per heavy atom. The average Bonchev–Trinajstić information content (AvgIpc) is 2.23. The normalized spacial score (nSPS) is 14.6. The summed E-state index contributed by atoms with van der Waals surface area (Å²) < 4.78 is 76.1. The summed E-state index contributed by atoms with van der Waals surface area (Å²) in [7, 11) is 0. The first kappa shape index (κ1) is 20.1. The van der Waals surface area contributed by atoms with Crippen molar-refractivity contribution in [3.63, 3.8) is 0 Å². The van der Waals surface area contributed by atoms with E-state index in [-0.39, 0.29) is 24.0 Å². The highest BCUT2D eigenvalue weighted by molar-refractivity contribution is 5.85. The number of hydrogen-bond acceptors (Lipinski definition) is 1. The summed E-state index contributed by atoms with van der Waals surface area (Å²) >= 11 is 0. The SMILES string of the molecule is CC(C)(C)[C@H](N)c1cc(C(F)(F)F)cc(C(F)(F)F)c1.Cl. The Morgan fingerprint density at radius 3 is 1.38 bits per heavy atom.